The van der Waals surface area contributed by atoms with Gasteiger partial charge in [0.15, 0.2) is 0 Å². The molecule has 6 nitrogen and oxygen atoms in total. The van der Waals surface area contributed by atoms with Gasteiger partial charge in [0.2, 0.25) is 5.91 Å². The average Bonchev–Trinajstić information content (AvgIpc) is 2.77. The minimum Gasteiger partial charge on any atom is -0.366 e. The molecule has 0 aromatic carbocycles. The predicted molar refractivity (Wildman–Crippen MR) is 91.1 cm³/mol. The minimum atomic E-state index is -0.649. The van der Waals surface area contributed by atoms with Crippen LogP contribution in [-0.4, -0.2) is 21.8 Å². The zero-order valence-corrected chi connectivity index (χ0v) is 14.6. The van der Waals surface area contributed by atoms with Crippen LogP contribution in [0.4, 0.5) is 5.00 Å². The Morgan fingerprint density at radius 3 is 2.70 bits per heavy atom. The number of halogens is 1. The maximum absolute atomic E-state index is 12.4. The molecule has 2 amide bonds. The fraction of sp³-hybridized carbons (Fsp3) is 0.333. The number of aryl methyl sites for hydroxylation is 1. The Balaban J connectivity index is 2.24. The monoisotopic (exact) mass is 352 g/mol. The lowest BCUT2D eigenvalue weighted by molar-refractivity contribution is 0.0993. The number of anilines is 1. The second kappa shape index (κ2) is 7.06. The van der Waals surface area contributed by atoms with Crippen molar-refractivity contribution in [3.63, 3.8) is 0 Å². The third kappa shape index (κ3) is 4.27. The summed E-state index contributed by atoms with van der Waals surface area (Å²) in [7, 11) is 0. The van der Waals surface area contributed by atoms with Gasteiger partial charge in [0, 0.05) is 6.20 Å². The van der Waals surface area contributed by atoms with Crippen LogP contribution in [0.2, 0.25) is 5.02 Å². The Kier molecular flexibility index (Phi) is 5.33. The number of rotatable bonds is 5. The molecule has 2 heterocycles. The standard InChI is InChI=1S/C15H17ClN4O2S/c1-7(2)4-11-15(23-8(3)19-11)20-14(22)12-10(16)5-9(6-18-12)13(17)21/h5-7H,4H2,1-3H3,(H2,17,21)(H,20,22). The van der Waals surface area contributed by atoms with Crippen molar-refractivity contribution in [3.8, 4) is 0 Å². The molecule has 0 aliphatic heterocycles. The summed E-state index contributed by atoms with van der Waals surface area (Å²) >= 11 is 7.43. The van der Waals surface area contributed by atoms with E-state index < -0.39 is 11.8 Å². The summed E-state index contributed by atoms with van der Waals surface area (Å²) in [6.45, 7) is 6.06. The summed E-state index contributed by atoms with van der Waals surface area (Å²) in [6, 6.07) is 1.33. The highest BCUT2D eigenvalue weighted by Gasteiger charge is 2.18. The topological polar surface area (TPSA) is 98.0 Å². The lowest BCUT2D eigenvalue weighted by Gasteiger charge is -2.08. The molecular weight excluding hydrogens is 336 g/mol. The van der Waals surface area contributed by atoms with Gasteiger partial charge in [-0.05, 0) is 25.3 Å². The molecule has 0 atom stereocenters. The Hall–Kier alpha value is -1.99. The van der Waals surface area contributed by atoms with Crippen molar-refractivity contribution in [1.82, 2.24) is 9.97 Å². The second-order valence-electron chi connectivity index (χ2n) is 5.48. The summed E-state index contributed by atoms with van der Waals surface area (Å²) in [4.78, 5) is 31.8. The lowest BCUT2D eigenvalue weighted by atomic mass is 10.1. The molecule has 3 N–H and O–H groups in total. The average molecular weight is 353 g/mol. The molecular formula is C15H17ClN4O2S. The number of nitrogens with two attached hydrogens (primary N) is 1. The number of nitrogens with one attached hydrogen (secondary N) is 1. The van der Waals surface area contributed by atoms with Crippen molar-refractivity contribution in [3.05, 3.63) is 39.2 Å². The molecule has 0 spiro atoms. The summed E-state index contributed by atoms with van der Waals surface area (Å²) < 4.78 is 0. The molecule has 0 saturated heterocycles. The van der Waals surface area contributed by atoms with E-state index in [1.165, 1.54) is 23.6 Å². The Labute approximate surface area is 143 Å². The number of carbonyl (C=O) groups excluding carboxylic acids is 2. The zero-order valence-electron chi connectivity index (χ0n) is 13.0. The van der Waals surface area contributed by atoms with E-state index in [-0.39, 0.29) is 16.3 Å². The van der Waals surface area contributed by atoms with Crippen LogP contribution in [0.3, 0.4) is 0 Å². The first-order valence-corrected chi connectivity index (χ1v) is 8.20. The first-order chi connectivity index (χ1) is 10.8. The predicted octanol–water partition coefficient (Wildman–Crippen LogP) is 3.05. The highest BCUT2D eigenvalue weighted by Crippen LogP contribution is 2.27. The second-order valence-corrected chi connectivity index (χ2v) is 7.09. The van der Waals surface area contributed by atoms with Crippen LogP contribution in [0.1, 0.15) is 45.4 Å². The van der Waals surface area contributed by atoms with Crippen molar-refractivity contribution in [2.24, 2.45) is 11.7 Å². The van der Waals surface area contributed by atoms with Crippen LogP contribution in [-0.2, 0) is 6.42 Å². The first-order valence-electron chi connectivity index (χ1n) is 7.01. The summed E-state index contributed by atoms with van der Waals surface area (Å²) in [5.74, 6) is -0.674. The summed E-state index contributed by atoms with van der Waals surface area (Å²) in [6.07, 6.45) is 2.00. The van der Waals surface area contributed by atoms with Crippen LogP contribution in [0.15, 0.2) is 12.3 Å². The Morgan fingerprint density at radius 1 is 1.43 bits per heavy atom. The summed E-state index contributed by atoms with van der Waals surface area (Å²) in [5.41, 5.74) is 6.20. The van der Waals surface area contributed by atoms with Gasteiger partial charge in [-0.25, -0.2) is 9.97 Å². The van der Waals surface area contributed by atoms with E-state index in [0.717, 1.165) is 17.1 Å². The summed E-state index contributed by atoms with van der Waals surface area (Å²) in [5, 5.41) is 4.44. The number of hydrogen-bond donors (Lipinski definition) is 2. The van der Waals surface area contributed by atoms with Gasteiger partial charge in [-0.3, -0.25) is 9.59 Å². The molecule has 122 valence electrons. The fourth-order valence-electron chi connectivity index (χ4n) is 2.00. The van der Waals surface area contributed by atoms with E-state index in [1.54, 1.807) is 0 Å². The number of carbonyl (C=O) groups is 2. The molecule has 0 unspecified atom stereocenters. The maximum atomic E-state index is 12.4. The van der Waals surface area contributed by atoms with Crippen LogP contribution in [0.25, 0.3) is 0 Å². The lowest BCUT2D eigenvalue weighted by Crippen LogP contribution is -2.17. The van der Waals surface area contributed by atoms with Gasteiger partial charge < -0.3 is 11.1 Å². The van der Waals surface area contributed by atoms with E-state index in [4.69, 9.17) is 17.3 Å². The van der Waals surface area contributed by atoms with Gasteiger partial charge in [-0.1, -0.05) is 25.4 Å². The van der Waals surface area contributed by atoms with Gasteiger partial charge in [0.05, 0.1) is 21.3 Å². The highest BCUT2D eigenvalue weighted by molar-refractivity contribution is 7.16. The molecule has 2 aromatic heterocycles. The molecule has 8 heteroatoms. The number of primary amides is 1. The molecule has 0 aliphatic carbocycles. The molecule has 23 heavy (non-hydrogen) atoms. The van der Waals surface area contributed by atoms with Gasteiger partial charge >= 0.3 is 0 Å². The zero-order chi connectivity index (χ0) is 17.1. The third-order valence-electron chi connectivity index (χ3n) is 2.97. The fourth-order valence-corrected chi connectivity index (χ4v) is 3.09. The van der Waals surface area contributed by atoms with Crippen molar-refractivity contribution in [1.29, 1.82) is 0 Å². The van der Waals surface area contributed by atoms with Gasteiger partial charge in [-0.2, -0.15) is 0 Å². The number of thiazole rings is 1. The third-order valence-corrected chi connectivity index (χ3v) is 4.19. The van der Waals surface area contributed by atoms with Gasteiger partial charge in [0.25, 0.3) is 5.91 Å². The Morgan fingerprint density at radius 2 is 2.13 bits per heavy atom. The number of aromatic nitrogens is 2. The molecule has 2 rings (SSSR count). The van der Waals surface area contributed by atoms with E-state index in [9.17, 15) is 9.59 Å². The molecule has 2 aromatic rings. The van der Waals surface area contributed by atoms with Crippen LogP contribution >= 0.6 is 22.9 Å². The number of hydrogen-bond acceptors (Lipinski definition) is 5. The van der Waals surface area contributed by atoms with Crippen LogP contribution in [0.5, 0.6) is 0 Å². The van der Waals surface area contributed by atoms with Crippen molar-refractivity contribution < 1.29 is 9.59 Å². The molecule has 0 aliphatic rings. The van der Waals surface area contributed by atoms with E-state index in [1.807, 2.05) is 6.92 Å². The normalized spacial score (nSPS) is 10.8. The smallest absolute Gasteiger partial charge is 0.276 e. The van der Waals surface area contributed by atoms with Crippen molar-refractivity contribution in [2.75, 3.05) is 5.32 Å². The number of amides is 2. The molecule has 0 radical (unpaired) electrons. The first kappa shape index (κ1) is 17.4. The number of pyridine rings is 1. The number of nitrogens with zero attached hydrogens (tertiary/aromatic N) is 2. The van der Waals surface area contributed by atoms with E-state index in [0.29, 0.717) is 10.9 Å². The van der Waals surface area contributed by atoms with Gasteiger partial charge in [0.1, 0.15) is 10.7 Å². The van der Waals surface area contributed by atoms with Gasteiger partial charge in [-0.15, -0.1) is 11.3 Å². The SMILES string of the molecule is Cc1nc(CC(C)C)c(NC(=O)c2ncc(C(N)=O)cc2Cl)s1. The highest BCUT2D eigenvalue weighted by atomic mass is 35.5. The quantitative estimate of drug-likeness (QED) is 0.863. The van der Waals surface area contributed by atoms with Crippen LogP contribution < -0.4 is 11.1 Å². The maximum Gasteiger partial charge on any atom is 0.276 e. The Bertz CT molecular complexity index is 758. The molecule has 0 bridgehead atoms. The van der Waals surface area contributed by atoms with Crippen molar-refractivity contribution >= 4 is 39.8 Å². The minimum absolute atomic E-state index is 0.0400. The van der Waals surface area contributed by atoms with E-state index in [2.05, 4.69) is 29.1 Å². The molecule has 0 saturated carbocycles. The van der Waals surface area contributed by atoms with Crippen LogP contribution in [0, 0.1) is 12.8 Å². The van der Waals surface area contributed by atoms with Crippen molar-refractivity contribution in [2.45, 2.75) is 27.2 Å². The largest absolute Gasteiger partial charge is 0.366 e. The van der Waals surface area contributed by atoms with E-state index >= 15 is 0 Å². The molecule has 0 fully saturated rings.